The van der Waals surface area contributed by atoms with Crippen molar-refractivity contribution in [2.75, 3.05) is 18.2 Å². The van der Waals surface area contributed by atoms with Gasteiger partial charge in [0.05, 0.1) is 17.9 Å². The van der Waals surface area contributed by atoms with Gasteiger partial charge < -0.3 is 10.1 Å². The summed E-state index contributed by atoms with van der Waals surface area (Å²) in [5, 5.41) is 2.71. The Hall–Kier alpha value is -1.66. The molecule has 0 heterocycles. The lowest BCUT2D eigenvalue weighted by Crippen LogP contribution is -2.19. The molecule has 110 valence electrons. The highest BCUT2D eigenvalue weighted by Gasteiger charge is 2.10. The van der Waals surface area contributed by atoms with Gasteiger partial charge >= 0.3 is 0 Å². The topological polar surface area (TPSA) is 55.4 Å². The minimum Gasteiger partial charge on any atom is -0.497 e. The summed E-state index contributed by atoms with van der Waals surface area (Å²) in [5.74, 6) is 0.348. The molecule has 0 spiro atoms. The zero-order valence-corrected chi connectivity index (χ0v) is 13.7. The fourth-order valence-corrected chi connectivity index (χ4v) is 2.84. The zero-order valence-electron chi connectivity index (χ0n) is 11.3. The third kappa shape index (κ3) is 4.68. The van der Waals surface area contributed by atoms with Gasteiger partial charge in [-0.1, -0.05) is 15.9 Å². The van der Waals surface area contributed by atoms with E-state index < -0.39 is 10.8 Å². The molecule has 2 rings (SSSR count). The number of halogens is 1. The minimum absolute atomic E-state index is 0.0757. The number of benzene rings is 2. The normalized spacial score (nSPS) is 11.7. The number of carbonyl (C=O) groups is 1. The third-order valence-electron chi connectivity index (χ3n) is 2.71. The van der Waals surface area contributed by atoms with E-state index in [0.29, 0.717) is 16.3 Å². The second kappa shape index (κ2) is 7.38. The maximum atomic E-state index is 12.1. The summed E-state index contributed by atoms with van der Waals surface area (Å²) in [5.41, 5.74) is 0.647. The number of ether oxygens (including phenoxy) is 1. The molecular formula is C15H14BrNO3S. The molecule has 0 aliphatic heterocycles. The van der Waals surface area contributed by atoms with Gasteiger partial charge in [0.2, 0.25) is 5.91 Å². The van der Waals surface area contributed by atoms with Gasteiger partial charge in [-0.15, -0.1) is 0 Å². The van der Waals surface area contributed by atoms with Gasteiger partial charge in [-0.05, 0) is 48.5 Å². The zero-order chi connectivity index (χ0) is 15.2. The van der Waals surface area contributed by atoms with E-state index in [-0.39, 0.29) is 11.7 Å². The van der Waals surface area contributed by atoms with E-state index in [1.54, 1.807) is 55.6 Å². The third-order valence-corrected chi connectivity index (χ3v) is 4.56. The van der Waals surface area contributed by atoms with E-state index in [0.717, 1.165) is 4.47 Å². The van der Waals surface area contributed by atoms with Crippen molar-refractivity contribution in [3.05, 3.63) is 53.0 Å². The molecule has 0 saturated carbocycles. The monoisotopic (exact) mass is 367 g/mol. The van der Waals surface area contributed by atoms with Crippen molar-refractivity contribution in [2.45, 2.75) is 4.90 Å². The van der Waals surface area contributed by atoms with Crippen molar-refractivity contribution in [3.8, 4) is 5.75 Å². The van der Waals surface area contributed by atoms with Crippen LogP contribution in [0.25, 0.3) is 0 Å². The molecule has 0 fully saturated rings. The van der Waals surface area contributed by atoms with Crippen molar-refractivity contribution < 1.29 is 13.7 Å². The minimum atomic E-state index is -1.36. The fourth-order valence-electron chi connectivity index (χ4n) is 1.66. The molecule has 1 amide bonds. The summed E-state index contributed by atoms with van der Waals surface area (Å²) >= 11 is 3.31. The summed E-state index contributed by atoms with van der Waals surface area (Å²) in [6.45, 7) is 0. The van der Waals surface area contributed by atoms with E-state index in [1.807, 2.05) is 0 Å². The van der Waals surface area contributed by atoms with Crippen molar-refractivity contribution in [2.24, 2.45) is 0 Å². The Labute approximate surface area is 134 Å². The summed E-state index contributed by atoms with van der Waals surface area (Å²) in [6, 6.07) is 14.0. The first-order valence-corrected chi connectivity index (χ1v) is 8.27. The molecule has 0 aromatic heterocycles. The highest BCUT2D eigenvalue weighted by atomic mass is 79.9. The van der Waals surface area contributed by atoms with Crippen LogP contribution in [-0.4, -0.2) is 23.0 Å². The number of anilines is 1. The molecular weight excluding hydrogens is 354 g/mol. The highest BCUT2D eigenvalue weighted by molar-refractivity contribution is 9.10. The average molecular weight is 368 g/mol. The standard InChI is InChI=1S/C15H14BrNO3S/c1-20-13-6-4-12(5-7-13)17-15(18)10-21(19)14-8-2-11(16)3-9-14/h2-9H,10H2,1H3,(H,17,18)/t21-/m1/s1. The van der Waals surface area contributed by atoms with Crippen LogP contribution in [0.2, 0.25) is 0 Å². The van der Waals surface area contributed by atoms with Gasteiger partial charge in [0, 0.05) is 15.1 Å². The number of methoxy groups -OCH3 is 1. The molecule has 21 heavy (non-hydrogen) atoms. The van der Waals surface area contributed by atoms with Crippen molar-refractivity contribution in [1.82, 2.24) is 0 Å². The quantitative estimate of drug-likeness (QED) is 0.882. The summed E-state index contributed by atoms with van der Waals surface area (Å²) in [7, 11) is 0.219. The Morgan fingerprint density at radius 2 is 1.76 bits per heavy atom. The van der Waals surface area contributed by atoms with E-state index >= 15 is 0 Å². The second-order valence-corrected chi connectivity index (χ2v) is 6.59. The molecule has 0 saturated heterocycles. The van der Waals surface area contributed by atoms with Crippen molar-refractivity contribution in [3.63, 3.8) is 0 Å². The Bertz CT molecular complexity index is 641. The predicted octanol–water partition coefficient (Wildman–Crippen LogP) is 3.20. The predicted molar refractivity (Wildman–Crippen MR) is 87.0 cm³/mol. The van der Waals surface area contributed by atoms with Crippen molar-refractivity contribution in [1.29, 1.82) is 0 Å². The number of hydrogen-bond acceptors (Lipinski definition) is 3. The molecule has 2 aromatic carbocycles. The van der Waals surface area contributed by atoms with Crippen molar-refractivity contribution >= 4 is 38.3 Å². The van der Waals surface area contributed by atoms with Gasteiger partial charge in [-0.3, -0.25) is 9.00 Å². The Kier molecular flexibility index (Phi) is 5.52. The lowest BCUT2D eigenvalue weighted by molar-refractivity contribution is -0.113. The molecule has 4 nitrogen and oxygen atoms in total. The Morgan fingerprint density at radius 1 is 1.14 bits per heavy atom. The van der Waals surface area contributed by atoms with Crippen LogP contribution >= 0.6 is 15.9 Å². The van der Waals surface area contributed by atoms with Crippen LogP contribution in [0.15, 0.2) is 57.9 Å². The molecule has 0 bridgehead atoms. The largest absolute Gasteiger partial charge is 0.497 e. The molecule has 0 aliphatic carbocycles. The SMILES string of the molecule is COc1ccc(NC(=O)C[S@@](=O)c2ccc(Br)cc2)cc1. The van der Waals surface area contributed by atoms with E-state index in [9.17, 15) is 9.00 Å². The lowest BCUT2D eigenvalue weighted by Gasteiger charge is -2.06. The van der Waals surface area contributed by atoms with Crippen LogP contribution in [0, 0.1) is 0 Å². The maximum absolute atomic E-state index is 12.1. The highest BCUT2D eigenvalue weighted by Crippen LogP contribution is 2.16. The summed E-state index contributed by atoms with van der Waals surface area (Å²) < 4.78 is 18.0. The van der Waals surface area contributed by atoms with Crippen LogP contribution < -0.4 is 10.1 Å². The molecule has 0 unspecified atom stereocenters. The lowest BCUT2D eigenvalue weighted by atomic mass is 10.3. The number of amides is 1. The van der Waals surface area contributed by atoms with E-state index in [1.165, 1.54) is 0 Å². The number of carbonyl (C=O) groups excluding carboxylic acids is 1. The van der Waals surface area contributed by atoms with Crippen LogP contribution in [0.3, 0.4) is 0 Å². The summed E-state index contributed by atoms with van der Waals surface area (Å²) in [4.78, 5) is 12.5. The summed E-state index contributed by atoms with van der Waals surface area (Å²) in [6.07, 6.45) is 0. The fraction of sp³-hybridized carbons (Fsp3) is 0.133. The van der Waals surface area contributed by atoms with Gasteiger partial charge in [-0.2, -0.15) is 0 Å². The van der Waals surface area contributed by atoms with Crippen LogP contribution in [0.5, 0.6) is 5.75 Å². The van der Waals surface area contributed by atoms with Gasteiger partial charge in [0.15, 0.2) is 0 Å². The Morgan fingerprint density at radius 3 is 2.33 bits per heavy atom. The van der Waals surface area contributed by atoms with Gasteiger partial charge in [0.1, 0.15) is 11.5 Å². The van der Waals surface area contributed by atoms with Gasteiger partial charge in [0.25, 0.3) is 0 Å². The first-order valence-electron chi connectivity index (χ1n) is 6.16. The molecule has 0 radical (unpaired) electrons. The molecule has 0 aliphatic rings. The second-order valence-electron chi connectivity index (χ2n) is 4.22. The molecule has 1 atom stereocenters. The molecule has 6 heteroatoms. The maximum Gasteiger partial charge on any atom is 0.237 e. The number of nitrogens with one attached hydrogen (secondary N) is 1. The van der Waals surface area contributed by atoms with E-state index in [2.05, 4.69) is 21.2 Å². The van der Waals surface area contributed by atoms with Gasteiger partial charge in [-0.25, -0.2) is 0 Å². The first-order chi connectivity index (χ1) is 10.1. The first kappa shape index (κ1) is 15.7. The number of rotatable bonds is 5. The van der Waals surface area contributed by atoms with Crippen LogP contribution in [-0.2, 0) is 15.6 Å². The number of hydrogen-bond donors (Lipinski definition) is 1. The smallest absolute Gasteiger partial charge is 0.237 e. The average Bonchev–Trinajstić information content (AvgIpc) is 2.48. The molecule has 1 N–H and O–H groups in total. The van der Waals surface area contributed by atoms with Crippen LogP contribution in [0.4, 0.5) is 5.69 Å². The molecule has 2 aromatic rings. The van der Waals surface area contributed by atoms with E-state index in [4.69, 9.17) is 4.74 Å². The Balaban J connectivity index is 1.94. The van der Waals surface area contributed by atoms with Crippen LogP contribution in [0.1, 0.15) is 0 Å².